The van der Waals surface area contributed by atoms with Crippen LogP contribution in [0.25, 0.3) is 5.69 Å². The van der Waals surface area contributed by atoms with Crippen molar-refractivity contribution in [1.29, 1.82) is 0 Å². The van der Waals surface area contributed by atoms with Gasteiger partial charge in [0.1, 0.15) is 5.82 Å². The maximum atomic E-state index is 13.5. The Morgan fingerprint density at radius 1 is 1.32 bits per heavy atom. The predicted molar refractivity (Wildman–Crippen MR) is 81.8 cm³/mol. The van der Waals surface area contributed by atoms with Gasteiger partial charge in [0, 0.05) is 23.7 Å². The summed E-state index contributed by atoms with van der Waals surface area (Å²) in [6.07, 6.45) is 3.93. The molecule has 0 spiro atoms. The molecule has 0 saturated heterocycles. The predicted octanol–water partition coefficient (Wildman–Crippen LogP) is 3.47. The fourth-order valence-electron chi connectivity index (χ4n) is 2.06. The van der Waals surface area contributed by atoms with Gasteiger partial charge in [0.05, 0.1) is 17.9 Å². The maximum absolute atomic E-state index is 13.5. The number of esters is 1. The van der Waals surface area contributed by atoms with E-state index in [-0.39, 0.29) is 12.2 Å². The van der Waals surface area contributed by atoms with Gasteiger partial charge in [0.15, 0.2) is 0 Å². The summed E-state index contributed by atoms with van der Waals surface area (Å²) in [5.41, 5.74) is 0.655. The molecule has 0 aliphatic carbocycles. The van der Waals surface area contributed by atoms with Crippen LogP contribution in [0.5, 0.6) is 0 Å². The van der Waals surface area contributed by atoms with Gasteiger partial charge in [0.25, 0.3) is 0 Å². The Kier molecular flexibility index (Phi) is 4.29. The number of ether oxygens (including phenoxy) is 1. The van der Waals surface area contributed by atoms with E-state index in [1.165, 1.54) is 22.9 Å². The van der Waals surface area contributed by atoms with Crippen molar-refractivity contribution in [1.82, 2.24) is 9.78 Å². The first kappa shape index (κ1) is 14.5. The van der Waals surface area contributed by atoms with Gasteiger partial charge in [-0.2, -0.15) is 5.10 Å². The van der Waals surface area contributed by atoms with E-state index >= 15 is 0 Å². The molecule has 0 fully saturated rings. The van der Waals surface area contributed by atoms with E-state index < -0.39 is 11.8 Å². The van der Waals surface area contributed by atoms with Crippen molar-refractivity contribution < 1.29 is 13.9 Å². The quantitative estimate of drug-likeness (QED) is 0.677. The van der Waals surface area contributed by atoms with E-state index in [1.807, 2.05) is 17.5 Å². The third-order valence-corrected chi connectivity index (χ3v) is 4.03. The molecule has 0 aliphatic heterocycles. The normalized spacial score (nSPS) is 10.6. The number of hydrogen-bond acceptors (Lipinski definition) is 4. The Hall–Kier alpha value is -2.47. The first-order chi connectivity index (χ1) is 10.7. The molecule has 0 radical (unpaired) electrons. The molecule has 2 heterocycles. The summed E-state index contributed by atoms with van der Waals surface area (Å²) in [4.78, 5) is 13.4. The van der Waals surface area contributed by atoms with Crippen LogP contribution < -0.4 is 0 Å². The van der Waals surface area contributed by atoms with Crippen LogP contribution in [0.2, 0.25) is 0 Å². The van der Waals surface area contributed by atoms with Gasteiger partial charge < -0.3 is 4.74 Å². The van der Waals surface area contributed by atoms with Crippen LogP contribution in [-0.4, -0.2) is 22.4 Å². The molecule has 4 nitrogen and oxygen atoms in total. The summed E-state index contributed by atoms with van der Waals surface area (Å²) < 4.78 is 20.2. The lowest BCUT2D eigenvalue weighted by molar-refractivity contribution is 0.0509. The molecule has 3 rings (SSSR count). The van der Waals surface area contributed by atoms with E-state index in [4.69, 9.17) is 4.74 Å². The molecule has 1 aromatic carbocycles. The molecule has 6 heteroatoms. The molecule has 22 heavy (non-hydrogen) atoms. The van der Waals surface area contributed by atoms with Crippen LogP contribution in [-0.2, 0) is 11.2 Å². The Labute approximate surface area is 130 Å². The van der Waals surface area contributed by atoms with Crippen LogP contribution >= 0.6 is 11.3 Å². The second-order valence-electron chi connectivity index (χ2n) is 4.58. The van der Waals surface area contributed by atoms with E-state index in [9.17, 15) is 9.18 Å². The maximum Gasteiger partial charge on any atom is 0.340 e. The van der Waals surface area contributed by atoms with Gasteiger partial charge in [-0.1, -0.05) is 6.07 Å². The largest absolute Gasteiger partial charge is 0.462 e. The highest BCUT2D eigenvalue weighted by atomic mass is 32.1. The lowest BCUT2D eigenvalue weighted by Crippen LogP contribution is -2.12. The molecule has 0 atom stereocenters. The smallest absolute Gasteiger partial charge is 0.340 e. The number of hydrogen-bond donors (Lipinski definition) is 0. The molecule has 0 bridgehead atoms. The van der Waals surface area contributed by atoms with Crippen molar-refractivity contribution in [2.24, 2.45) is 0 Å². The summed E-state index contributed by atoms with van der Waals surface area (Å²) in [5.74, 6) is -1.04. The molecule has 0 saturated carbocycles. The van der Waals surface area contributed by atoms with Gasteiger partial charge in [-0.15, -0.1) is 11.3 Å². The number of thiophene rings is 1. The number of carbonyl (C=O) groups excluding carboxylic acids is 1. The lowest BCUT2D eigenvalue weighted by Gasteiger charge is -2.09. The average molecular weight is 316 g/mol. The van der Waals surface area contributed by atoms with Crippen molar-refractivity contribution >= 4 is 17.3 Å². The topological polar surface area (TPSA) is 44.1 Å². The summed E-state index contributed by atoms with van der Waals surface area (Å²) in [6.45, 7) is 0.258. The average Bonchev–Trinajstić information content (AvgIpc) is 3.20. The van der Waals surface area contributed by atoms with Gasteiger partial charge in [0.2, 0.25) is 0 Å². The van der Waals surface area contributed by atoms with Gasteiger partial charge in [-0.05, 0) is 35.7 Å². The van der Waals surface area contributed by atoms with Crippen LogP contribution in [0.15, 0.2) is 54.2 Å². The van der Waals surface area contributed by atoms with Crippen LogP contribution in [0.4, 0.5) is 4.39 Å². The monoisotopic (exact) mass is 316 g/mol. The number of benzene rings is 1. The molecule has 0 unspecified atom stereocenters. The molecule has 0 N–H and O–H groups in total. The van der Waals surface area contributed by atoms with Crippen LogP contribution in [0.1, 0.15) is 15.2 Å². The van der Waals surface area contributed by atoms with Crippen molar-refractivity contribution in [2.45, 2.75) is 6.42 Å². The first-order valence-electron chi connectivity index (χ1n) is 6.73. The summed E-state index contributed by atoms with van der Waals surface area (Å²) >= 11 is 1.61. The third kappa shape index (κ3) is 3.23. The van der Waals surface area contributed by atoms with Gasteiger partial charge >= 0.3 is 5.97 Å². The highest BCUT2D eigenvalue weighted by Crippen LogP contribution is 2.17. The van der Waals surface area contributed by atoms with Crippen LogP contribution in [0.3, 0.4) is 0 Å². The zero-order valence-electron chi connectivity index (χ0n) is 11.6. The fraction of sp³-hybridized carbons (Fsp3) is 0.125. The van der Waals surface area contributed by atoms with Crippen molar-refractivity contribution in [3.63, 3.8) is 0 Å². The lowest BCUT2D eigenvalue weighted by atomic mass is 10.1. The Bertz CT molecular complexity index is 755. The molecule has 112 valence electrons. The molecule has 0 aliphatic rings. The summed E-state index contributed by atoms with van der Waals surface area (Å²) in [5, 5.41) is 6.04. The fourth-order valence-corrected chi connectivity index (χ4v) is 2.75. The molecule has 2 aromatic heterocycles. The van der Waals surface area contributed by atoms with E-state index in [2.05, 4.69) is 5.10 Å². The summed E-state index contributed by atoms with van der Waals surface area (Å²) in [7, 11) is 0. The van der Waals surface area contributed by atoms with Gasteiger partial charge in [-0.25, -0.2) is 13.9 Å². The van der Waals surface area contributed by atoms with E-state index in [0.717, 1.165) is 4.88 Å². The Balaban J connectivity index is 1.75. The van der Waals surface area contributed by atoms with Crippen molar-refractivity contribution in [3.8, 4) is 5.69 Å². The van der Waals surface area contributed by atoms with E-state index in [0.29, 0.717) is 12.1 Å². The third-order valence-electron chi connectivity index (χ3n) is 3.09. The minimum absolute atomic E-state index is 0.162. The molecular formula is C16H13FN2O2S. The zero-order chi connectivity index (χ0) is 15.4. The molecular weight excluding hydrogens is 303 g/mol. The Morgan fingerprint density at radius 2 is 2.23 bits per heavy atom. The highest BCUT2D eigenvalue weighted by Gasteiger charge is 2.16. The zero-order valence-corrected chi connectivity index (χ0v) is 12.4. The van der Waals surface area contributed by atoms with Gasteiger partial charge in [-0.3, -0.25) is 0 Å². The molecule has 0 amide bonds. The number of nitrogens with zero attached hydrogens (tertiary/aromatic N) is 2. The SMILES string of the molecule is O=C(OCCc1cccs1)c1cc(F)ccc1-n1cccn1. The van der Waals surface area contributed by atoms with E-state index in [1.54, 1.807) is 29.8 Å². The molecule has 3 aromatic rings. The standard InChI is InChI=1S/C16H13FN2O2S/c17-12-4-5-15(19-8-2-7-18-19)14(11-12)16(20)21-9-6-13-3-1-10-22-13/h1-5,7-8,10-11H,6,9H2. The highest BCUT2D eigenvalue weighted by molar-refractivity contribution is 7.09. The summed E-state index contributed by atoms with van der Waals surface area (Å²) in [6, 6.07) is 9.64. The Morgan fingerprint density at radius 3 is 2.95 bits per heavy atom. The van der Waals surface area contributed by atoms with Crippen molar-refractivity contribution in [2.75, 3.05) is 6.61 Å². The first-order valence-corrected chi connectivity index (χ1v) is 7.61. The number of aromatic nitrogens is 2. The van der Waals surface area contributed by atoms with Crippen molar-refractivity contribution in [3.05, 3.63) is 70.4 Å². The second-order valence-corrected chi connectivity index (χ2v) is 5.61. The number of carbonyl (C=O) groups is 1. The minimum Gasteiger partial charge on any atom is -0.462 e. The number of rotatable bonds is 5. The number of halogens is 1. The minimum atomic E-state index is -0.554. The van der Waals surface area contributed by atoms with Crippen LogP contribution in [0, 0.1) is 5.82 Å². The second kappa shape index (κ2) is 6.53.